The third kappa shape index (κ3) is 3.92. The molecule has 7 nitrogen and oxygen atoms in total. The first-order chi connectivity index (χ1) is 9.97. The lowest BCUT2D eigenvalue weighted by Crippen LogP contribution is -2.43. The van der Waals surface area contributed by atoms with E-state index in [4.69, 9.17) is 4.74 Å². The Labute approximate surface area is 118 Å². The van der Waals surface area contributed by atoms with E-state index < -0.39 is 33.8 Å². The van der Waals surface area contributed by atoms with E-state index in [1.807, 2.05) is 0 Å². The van der Waals surface area contributed by atoms with E-state index in [0.29, 0.717) is 31.9 Å². The molecule has 21 heavy (non-hydrogen) atoms. The van der Waals surface area contributed by atoms with Gasteiger partial charge >= 0.3 is 0 Å². The Kier molecular flexibility index (Phi) is 4.76. The number of hydrogen-bond donors (Lipinski definition) is 2. The van der Waals surface area contributed by atoms with Crippen LogP contribution in [0.5, 0.6) is 0 Å². The van der Waals surface area contributed by atoms with Gasteiger partial charge in [0, 0.05) is 25.1 Å². The van der Waals surface area contributed by atoms with Crippen LogP contribution in [0.15, 0.2) is 12.1 Å². The van der Waals surface area contributed by atoms with Gasteiger partial charge in [-0.1, -0.05) is 0 Å². The molecular weight excluding hydrogens is 288 g/mol. The second kappa shape index (κ2) is 6.55. The number of rotatable bonds is 4. The monoisotopic (exact) mass is 301 g/mol. The molecule has 0 aliphatic carbocycles. The maximum absolute atomic E-state index is 13.6. The highest BCUT2D eigenvalue weighted by atomic mass is 19.1. The molecule has 0 aromatic heterocycles. The molecule has 9 heteroatoms. The number of hydrogen-bond acceptors (Lipinski definition) is 5. The van der Waals surface area contributed by atoms with Gasteiger partial charge in [0.05, 0.1) is 24.2 Å². The van der Waals surface area contributed by atoms with Gasteiger partial charge in [0.15, 0.2) is 11.5 Å². The maximum atomic E-state index is 13.6. The summed E-state index contributed by atoms with van der Waals surface area (Å²) in [5, 5.41) is 15.9. The van der Waals surface area contributed by atoms with E-state index in [-0.39, 0.29) is 12.5 Å². The SMILES string of the molecule is O=C(CC1COCCN1)Nc1c(F)cc(F)cc1[N+](=O)[O-]. The number of halogens is 2. The number of ether oxygens (including phenoxy) is 1. The van der Waals surface area contributed by atoms with Gasteiger partial charge in [-0.3, -0.25) is 14.9 Å². The van der Waals surface area contributed by atoms with Gasteiger partial charge in [0.1, 0.15) is 5.82 Å². The number of amides is 1. The van der Waals surface area contributed by atoms with Crippen LogP contribution in [0.25, 0.3) is 0 Å². The zero-order valence-electron chi connectivity index (χ0n) is 10.9. The predicted octanol–water partition coefficient (Wildman–Crippen LogP) is 1.19. The van der Waals surface area contributed by atoms with Crippen LogP contribution in [-0.2, 0) is 9.53 Å². The number of nitro groups is 1. The second-order valence-corrected chi connectivity index (χ2v) is 4.52. The van der Waals surface area contributed by atoms with Crippen LogP contribution in [0.3, 0.4) is 0 Å². The topological polar surface area (TPSA) is 93.5 Å². The molecule has 0 radical (unpaired) electrons. The lowest BCUT2D eigenvalue weighted by molar-refractivity contribution is -0.384. The molecule has 1 aliphatic rings. The molecule has 0 bridgehead atoms. The average molecular weight is 301 g/mol. The Morgan fingerprint density at radius 2 is 2.29 bits per heavy atom. The van der Waals surface area contributed by atoms with Crippen molar-refractivity contribution in [3.05, 3.63) is 33.9 Å². The quantitative estimate of drug-likeness (QED) is 0.643. The first kappa shape index (κ1) is 15.3. The van der Waals surface area contributed by atoms with Crippen molar-refractivity contribution >= 4 is 17.3 Å². The van der Waals surface area contributed by atoms with E-state index in [0.717, 1.165) is 0 Å². The maximum Gasteiger partial charge on any atom is 0.298 e. The molecule has 0 saturated carbocycles. The van der Waals surface area contributed by atoms with Crippen LogP contribution in [0.4, 0.5) is 20.2 Å². The van der Waals surface area contributed by atoms with Crippen molar-refractivity contribution in [3.63, 3.8) is 0 Å². The largest absolute Gasteiger partial charge is 0.378 e. The van der Waals surface area contributed by atoms with E-state index in [9.17, 15) is 23.7 Å². The summed E-state index contributed by atoms with van der Waals surface area (Å²) in [7, 11) is 0. The average Bonchev–Trinajstić information content (AvgIpc) is 2.42. The van der Waals surface area contributed by atoms with Crippen molar-refractivity contribution in [2.45, 2.75) is 12.5 Å². The molecule has 1 saturated heterocycles. The van der Waals surface area contributed by atoms with E-state index in [2.05, 4.69) is 10.6 Å². The van der Waals surface area contributed by atoms with Gasteiger partial charge in [0.25, 0.3) is 5.69 Å². The van der Waals surface area contributed by atoms with Crippen molar-refractivity contribution in [1.82, 2.24) is 5.32 Å². The van der Waals surface area contributed by atoms with E-state index >= 15 is 0 Å². The van der Waals surface area contributed by atoms with Gasteiger partial charge in [-0.05, 0) is 0 Å². The third-order valence-corrected chi connectivity index (χ3v) is 2.93. The molecule has 2 N–H and O–H groups in total. The number of nitro benzene ring substituents is 1. The van der Waals surface area contributed by atoms with Crippen molar-refractivity contribution in [3.8, 4) is 0 Å². The van der Waals surface area contributed by atoms with E-state index in [1.165, 1.54) is 0 Å². The molecule has 2 rings (SSSR count). The fourth-order valence-corrected chi connectivity index (χ4v) is 1.99. The van der Waals surface area contributed by atoms with Gasteiger partial charge in [0.2, 0.25) is 5.91 Å². The van der Waals surface area contributed by atoms with Gasteiger partial charge < -0.3 is 15.4 Å². The Morgan fingerprint density at radius 1 is 1.52 bits per heavy atom. The fourth-order valence-electron chi connectivity index (χ4n) is 1.99. The van der Waals surface area contributed by atoms with Crippen molar-refractivity contribution in [2.75, 3.05) is 25.1 Å². The molecule has 1 aliphatic heterocycles. The Bertz CT molecular complexity index is 562. The van der Waals surface area contributed by atoms with Crippen LogP contribution < -0.4 is 10.6 Å². The summed E-state index contributed by atoms with van der Waals surface area (Å²) in [4.78, 5) is 21.6. The van der Waals surface area contributed by atoms with Gasteiger partial charge in [-0.2, -0.15) is 0 Å². The highest BCUT2D eigenvalue weighted by Crippen LogP contribution is 2.28. The minimum atomic E-state index is -1.19. The zero-order valence-corrected chi connectivity index (χ0v) is 10.9. The van der Waals surface area contributed by atoms with Crippen molar-refractivity contribution < 1.29 is 23.2 Å². The normalized spacial score (nSPS) is 18.3. The lowest BCUT2D eigenvalue weighted by atomic mass is 10.1. The fraction of sp³-hybridized carbons (Fsp3) is 0.417. The van der Waals surface area contributed by atoms with Crippen molar-refractivity contribution in [1.29, 1.82) is 0 Å². The summed E-state index contributed by atoms with van der Waals surface area (Å²) in [6.45, 7) is 1.45. The molecule has 1 aromatic carbocycles. The first-order valence-electron chi connectivity index (χ1n) is 6.22. The summed E-state index contributed by atoms with van der Waals surface area (Å²) in [6, 6.07) is 0.784. The summed E-state index contributed by atoms with van der Waals surface area (Å²) in [5.74, 6) is -2.89. The summed E-state index contributed by atoms with van der Waals surface area (Å²) >= 11 is 0. The van der Waals surface area contributed by atoms with Gasteiger partial charge in [-0.15, -0.1) is 0 Å². The Balaban J connectivity index is 2.11. The molecule has 114 valence electrons. The third-order valence-electron chi connectivity index (χ3n) is 2.93. The van der Waals surface area contributed by atoms with Crippen LogP contribution in [-0.4, -0.2) is 36.6 Å². The lowest BCUT2D eigenvalue weighted by Gasteiger charge is -2.23. The number of nitrogens with one attached hydrogen (secondary N) is 2. The first-order valence-corrected chi connectivity index (χ1v) is 6.22. The van der Waals surface area contributed by atoms with Crippen molar-refractivity contribution in [2.24, 2.45) is 0 Å². The number of nitrogens with zero attached hydrogens (tertiary/aromatic N) is 1. The molecule has 0 spiro atoms. The van der Waals surface area contributed by atoms with Crippen LogP contribution in [0, 0.1) is 21.7 Å². The highest BCUT2D eigenvalue weighted by Gasteiger charge is 2.24. The molecule has 1 aromatic rings. The molecular formula is C12H13F2N3O4. The van der Waals surface area contributed by atoms with Crippen LogP contribution in [0.1, 0.15) is 6.42 Å². The standard InChI is InChI=1S/C12H13F2N3O4/c13-7-3-9(14)12(10(4-7)17(19)20)16-11(18)5-8-6-21-2-1-15-8/h3-4,8,15H,1-2,5-6H2,(H,16,18). The summed E-state index contributed by atoms with van der Waals surface area (Å²) in [5.41, 5.74) is -1.46. The summed E-state index contributed by atoms with van der Waals surface area (Å²) in [6.07, 6.45) is -0.0338. The number of carbonyl (C=O) groups excluding carboxylic acids is 1. The highest BCUT2D eigenvalue weighted by molar-refractivity contribution is 5.93. The molecule has 1 amide bonds. The van der Waals surface area contributed by atoms with Crippen LogP contribution >= 0.6 is 0 Å². The Morgan fingerprint density at radius 3 is 2.90 bits per heavy atom. The van der Waals surface area contributed by atoms with E-state index in [1.54, 1.807) is 0 Å². The number of morpholine rings is 1. The van der Waals surface area contributed by atoms with Gasteiger partial charge in [-0.25, -0.2) is 8.78 Å². The smallest absolute Gasteiger partial charge is 0.298 e. The minimum Gasteiger partial charge on any atom is -0.378 e. The number of benzene rings is 1. The second-order valence-electron chi connectivity index (χ2n) is 4.52. The number of anilines is 1. The molecule has 1 atom stereocenters. The predicted molar refractivity (Wildman–Crippen MR) is 68.9 cm³/mol. The summed E-state index contributed by atoms with van der Waals surface area (Å²) < 4.78 is 31.8. The minimum absolute atomic E-state index is 0.0338. The zero-order chi connectivity index (χ0) is 15.4. The molecule has 1 unspecified atom stereocenters. The Hall–Kier alpha value is -2.13. The molecule has 1 fully saturated rings. The molecule has 1 heterocycles. The van der Waals surface area contributed by atoms with Crippen LogP contribution in [0.2, 0.25) is 0 Å². The number of carbonyl (C=O) groups is 1.